The summed E-state index contributed by atoms with van der Waals surface area (Å²) < 4.78 is 33.1. The first-order chi connectivity index (χ1) is 5.83. The van der Waals surface area contributed by atoms with Crippen molar-refractivity contribution < 1.29 is 32.3 Å². The molecule has 0 fully saturated rings. The maximum atomic E-state index is 11.1. The fourth-order valence-corrected chi connectivity index (χ4v) is 2.42. The first-order valence-corrected chi connectivity index (χ1v) is 6.38. The van der Waals surface area contributed by atoms with E-state index < -0.39 is 15.6 Å². The van der Waals surface area contributed by atoms with Crippen molar-refractivity contribution in [2.45, 2.75) is 0 Å². The van der Waals surface area contributed by atoms with Gasteiger partial charge in [-0.15, -0.1) is 11.6 Å². The molecule has 80 valence electrons. The Balaban J connectivity index is 0. The Bertz CT molecular complexity index is 241. The number of hydrogen-bond acceptors (Lipinski definition) is 7. The van der Waals surface area contributed by atoms with Gasteiger partial charge >= 0.3 is 45.6 Å². The summed E-state index contributed by atoms with van der Waals surface area (Å²) in [5, 5.41) is 0. The molecule has 0 aliphatic rings. The smallest absolute Gasteiger partial charge is 0.789 e. The van der Waals surface area contributed by atoms with Crippen molar-refractivity contribution in [1.29, 1.82) is 0 Å². The monoisotopic (exact) mass is 292 g/mol. The molecule has 11 heteroatoms. The van der Waals surface area contributed by atoms with Crippen LogP contribution in [-0.4, -0.2) is 57.3 Å². The van der Waals surface area contributed by atoms with Crippen LogP contribution in [-0.2, 0) is 22.5 Å². The summed E-state index contributed by atoms with van der Waals surface area (Å²) >= 11 is 5.15. The quantitative estimate of drug-likeness (QED) is 0.367. The first kappa shape index (κ1) is 18.2. The molecule has 0 aliphatic carbocycles. The molecule has 1 atom stereocenters. The van der Waals surface area contributed by atoms with Crippen molar-refractivity contribution in [1.82, 2.24) is 0 Å². The number of phosphoric ester groups is 1. The van der Waals surface area contributed by atoms with E-state index in [0.717, 1.165) is 7.11 Å². The van der Waals surface area contributed by atoms with Gasteiger partial charge in [-0.05, 0) is 0 Å². The van der Waals surface area contributed by atoms with Crippen molar-refractivity contribution in [3.63, 3.8) is 0 Å². The molecule has 0 saturated carbocycles. The van der Waals surface area contributed by atoms with Crippen LogP contribution < -0.4 is 9.79 Å². The Morgan fingerprint density at radius 1 is 1.36 bits per heavy atom. The minimum atomic E-state index is -5.40. The first-order valence-electron chi connectivity index (χ1n) is 2.92. The van der Waals surface area contributed by atoms with E-state index in [0.29, 0.717) is 0 Å². The molecule has 0 aromatic carbocycles. The zero-order valence-electron chi connectivity index (χ0n) is 7.25. The van der Waals surface area contributed by atoms with Crippen LogP contribution in [0.4, 0.5) is 0 Å². The molecular formula is C3H7CaClO7P2. The van der Waals surface area contributed by atoms with Crippen LogP contribution in [0.25, 0.3) is 0 Å². The van der Waals surface area contributed by atoms with Crippen molar-refractivity contribution in [2.75, 3.05) is 19.6 Å². The van der Waals surface area contributed by atoms with E-state index in [1.54, 1.807) is 0 Å². The summed E-state index contributed by atoms with van der Waals surface area (Å²) in [6.45, 7) is -0.257. The van der Waals surface area contributed by atoms with Gasteiger partial charge in [-0.2, -0.15) is 0 Å². The Morgan fingerprint density at radius 2 is 1.86 bits per heavy atom. The molecule has 0 radical (unpaired) electrons. The maximum Gasteiger partial charge on any atom is 2.00 e. The summed E-state index contributed by atoms with van der Waals surface area (Å²) in [4.78, 5) is 20.1. The maximum absolute atomic E-state index is 11.1. The van der Waals surface area contributed by atoms with E-state index >= 15 is 0 Å². The number of rotatable bonds is 6. The van der Waals surface area contributed by atoms with E-state index in [1.165, 1.54) is 0 Å². The Hall–Kier alpha value is 1.81. The third-order valence-corrected chi connectivity index (χ3v) is 3.45. The van der Waals surface area contributed by atoms with E-state index in [4.69, 9.17) is 11.6 Å². The molecule has 0 spiro atoms. The Morgan fingerprint density at radius 3 is 2.14 bits per heavy atom. The zero-order chi connectivity index (χ0) is 10.5. The normalized spacial score (nSPS) is 15.7. The van der Waals surface area contributed by atoms with Crippen LogP contribution in [0, 0.1) is 0 Å². The van der Waals surface area contributed by atoms with E-state index in [-0.39, 0.29) is 50.2 Å². The van der Waals surface area contributed by atoms with E-state index in [2.05, 4.69) is 13.4 Å². The standard InChI is InChI=1S/C3H9ClO7P2.Ca/c1-9-13(8,10-3-2-4)11-12(5,6)7;/h2-3H2,1H3,(H2,5,6,7);/q;+2/p-2. The summed E-state index contributed by atoms with van der Waals surface area (Å²) in [5.74, 6) is -0.0429. The second-order valence-electron chi connectivity index (χ2n) is 1.68. The topological polar surface area (TPSA) is 108 Å². The minimum absolute atomic E-state index is 0. The molecule has 0 aliphatic heterocycles. The Kier molecular flexibility index (Phi) is 10.4. The van der Waals surface area contributed by atoms with Crippen LogP contribution in [0.2, 0.25) is 0 Å². The van der Waals surface area contributed by atoms with Gasteiger partial charge in [0.2, 0.25) is 0 Å². The summed E-state index contributed by atoms with van der Waals surface area (Å²) in [6.07, 6.45) is 0. The number of phosphoric acid groups is 2. The van der Waals surface area contributed by atoms with Crippen molar-refractivity contribution >= 4 is 65.0 Å². The summed E-state index contributed by atoms with van der Waals surface area (Å²) in [5.41, 5.74) is 0. The average Bonchev–Trinajstić information content (AvgIpc) is 1.98. The van der Waals surface area contributed by atoms with Crippen molar-refractivity contribution in [2.24, 2.45) is 0 Å². The van der Waals surface area contributed by atoms with E-state index in [1.807, 2.05) is 0 Å². The molecule has 0 bridgehead atoms. The molecule has 0 aromatic heterocycles. The van der Waals surface area contributed by atoms with Gasteiger partial charge < -0.3 is 14.4 Å². The van der Waals surface area contributed by atoms with Gasteiger partial charge in [0.15, 0.2) is 0 Å². The molecular weight excluding hydrogens is 286 g/mol. The molecule has 0 aromatic rings. The van der Waals surface area contributed by atoms with Crippen LogP contribution in [0.1, 0.15) is 0 Å². The van der Waals surface area contributed by atoms with Crippen LogP contribution >= 0.6 is 27.2 Å². The summed E-state index contributed by atoms with van der Waals surface area (Å²) in [7, 11) is -8.83. The van der Waals surface area contributed by atoms with Crippen molar-refractivity contribution in [3.8, 4) is 0 Å². The molecule has 7 nitrogen and oxygen atoms in total. The SMILES string of the molecule is COP(=O)(OCCCl)OP(=O)([O-])[O-].[Ca+2]. The van der Waals surface area contributed by atoms with Gasteiger partial charge in [-0.3, -0.25) is 13.4 Å². The Labute approximate surface area is 116 Å². The van der Waals surface area contributed by atoms with Gasteiger partial charge in [0.1, 0.15) is 0 Å². The number of alkyl halides is 1. The van der Waals surface area contributed by atoms with Crippen LogP contribution in [0.15, 0.2) is 0 Å². The molecule has 0 heterocycles. The largest absolute Gasteiger partial charge is 2.00 e. The number of hydrogen-bond donors (Lipinski definition) is 0. The zero-order valence-corrected chi connectivity index (χ0v) is 12.0. The number of halogens is 1. The predicted molar refractivity (Wildman–Crippen MR) is 45.7 cm³/mol. The second kappa shape index (κ2) is 7.98. The molecule has 0 amide bonds. The van der Waals surface area contributed by atoms with Gasteiger partial charge in [-0.1, -0.05) is 0 Å². The van der Waals surface area contributed by atoms with Gasteiger partial charge in [0.05, 0.1) is 14.4 Å². The second-order valence-corrected chi connectivity index (χ2v) is 5.12. The van der Waals surface area contributed by atoms with Gasteiger partial charge in [0, 0.05) is 13.0 Å². The van der Waals surface area contributed by atoms with Gasteiger partial charge in [0.25, 0.3) is 0 Å². The van der Waals surface area contributed by atoms with Crippen molar-refractivity contribution in [3.05, 3.63) is 0 Å². The van der Waals surface area contributed by atoms with Gasteiger partial charge in [-0.25, -0.2) is 4.57 Å². The predicted octanol–water partition coefficient (Wildman–Crippen LogP) is -0.539. The fourth-order valence-electron chi connectivity index (χ4n) is 0.378. The molecule has 0 N–H and O–H groups in total. The molecule has 14 heavy (non-hydrogen) atoms. The third-order valence-electron chi connectivity index (χ3n) is 0.750. The third kappa shape index (κ3) is 9.07. The van der Waals surface area contributed by atoms with E-state index in [9.17, 15) is 18.9 Å². The molecule has 0 rings (SSSR count). The average molecular weight is 293 g/mol. The molecule has 1 unspecified atom stereocenters. The van der Waals surface area contributed by atoms with Crippen LogP contribution in [0.3, 0.4) is 0 Å². The summed E-state index contributed by atoms with van der Waals surface area (Å²) in [6, 6.07) is 0. The molecule has 0 saturated heterocycles. The van der Waals surface area contributed by atoms with Crippen LogP contribution in [0.5, 0.6) is 0 Å². The fraction of sp³-hybridized carbons (Fsp3) is 1.00. The minimum Gasteiger partial charge on any atom is -0.789 e.